The smallest absolute Gasteiger partial charge is 0.258 e. The number of fused-ring (bicyclic) bond motifs is 1. The largest absolute Gasteiger partial charge is 0.354 e. The number of nitrogens with one attached hydrogen (secondary N) is 2. The molecule has 2 fully saturated rings. The summed E-state index contributed by atoms with van der Waals surface area (Å²) in [5.41, 5.74) is 2.51. The zero-order valence-electron chi connectivity index (χ0n) is 16.5. The minimum atomic E-state index is -0.0337. The van der Waals surface area contributed by atoms with Gasteiger partial charge < -0.3 is 10.6 Å². The summed E-state index contributed by atoms with van der Waals surface area (Å²) in [7, 11) is 0. The Balaban J connectivity index is 1.36. The van der Waals surface area contributed by atoms with Gasteiger partial charge in [0.15, 0.2) is 0 Å². The maximum absolute atomic E-state index is 12.4. The highest BCUT2D eigenvalue weighted by Crippen LogP contribution is 2.18. The summed E-state index contributed by atoms with van der Waals surface area (Å²) in [5, 5.41) is 6.37. The van der Waals surface area contributed by atoms with Crippen LogP contribution in [0.3, 0.4) is 0 Å². The summed E-state index contributed by atoms with van der Waals surface area (Å²) in [6, 6.07) is 5.50. The molecule has 2 aliphatic heterocycles. The van der Waals surface area contributed by atoms with E-state index in [4.69, 9.17) is 0 Å². The second kappa shape index (κ2) is 8.41. The van der Waals surface area contributed by atoms with Crippen molar-refractivity contribution in [2.24, 2.45) is 5.92 Å². The third-order valence-corrected chi connectivity index (χ3v) is 5.79. The van der Waals surface area contributed by atoms with Gasteiger partial charge in [-0.15, -0.1) is 0 Å². The van der Waals surface area contributed by atoms with Gasteiger partial charge in [0.2, 0.25) is 5.91 Å². The number of pyridine rings is 1. The molecule has 2 saturated heterocycles. The molecular formula is C21H29N5O2. The Hall–Kier alpha value is -2.25. The minimum Gasteiger partial charge on any atom is -0.354 e. The topological polar surface area (TPSA) is 78.7 Å². The van der Waals surface area contributed by atoms with Crippen LogP contribution in [-0.2, 0) is 11.3 Å². The van der Waals surface area contributed by atoms with E-state index in [2.05, 4.69) is 20.5 Å². The highest BCUT2D eigenvalue weighted by molar-refractivity contribution is 5.81. The van der Waals surface area contributed by atoms with Gasteiger partial charge in [-0.05, 0) is 63.2 Å². The number of aromatic nitrogens is 2. The van der Waals surface area contributed by atoms with Crippen LogP contribution in [-0.4, -0.2) is 52.4 Å². The lowest BCUT2D eigenvalue weighted by atomic mass is 9.97. The Morgan fingerprint density at radius 3 is 3.04 bits per heavy atom. The van der Waals surface area contributed by atoms with Crippen LogP contribution in [0.1, 0.15) is 36.9 Å². The molecule has 2 aromatic rings. The first-order valence-corrected chi connectivity index (χ1v) is 10.3. The van der Waals surface area contributed by atoms with E-state index < -0.39 is 0 Å². The van der Waals surface area contributed by atoms with Crippen molar-refractivity contribution in [3.8, 4) is 0 Å². The summed E-state index contributed by atoms with van der Waals surface area (Å²) >= 11 is 0. The van der Waals surface area contributed by atoms with E-state index in [0.29, 0.717) is 18.1 Å². The van der Waals surface area contributed by atoms with Crippen LogP contribution in [0, 0.1) is 12.8 Å². The number of amides is 1. The average molecular weight is 383 g/mol. The quantitative estimate of drug-likeness (QED) is 0.808. The van der Waals surface area contributed by atoms with Gasteiger partial charge in [0.1, 0.15) is 5.65 Å². The van der Waals surface area contributed by atoms with E-state index in [1.807, 2.05) is 25.3 Å². The lowest BCUT2D eigenvalue weighted by Crippen LogP contribution is -2.45. The molecule has 0 saturated carbocycles. The van der Waals surface area contributed by atoms with Crippen molar-refractivity contribution in [1.29, 1.82) is 0 Å². The number of nitrogens with zero attached hydrogens (tertiary/aromatic N) is 3. The van der Waals surface area contributed by atoms with Crippen LogP contribution < -0.4 is 16.2 Å². The number of rotatable bonds is 5. The first-order chi connectivity index (χ1) is 13.6. The highest BCUT2D eigenvalue weighted by Gasteiger charge is 2.25. The number of hydrogen-bond donors (Lipinski definition) is 2. The van der Waals surface area contributed by atoms with Crippen molar-refractivity contribution in [3.63, 3.8) is 0 Å². The molecule has 2 aromatic heterocycles. The van der Waals surface area contributed by atoms with Crippen molar-refractivity contribution in [1.82, 2.24) is 24.9 Å². The number of piperidine rings is 1. The summed E-state index contributed by atoms with van der Waals surface area (Å²) < 4.78 is 1.60. The Labute approximate surface area is 165 Å². The first-order valence-electron chi connectivity index (χ1n) is 10.3. The Kier molecular flexibility index (Phi) is 5.73. The monoisotopic (exact) mass is 383 g/mol. The molecule has 0 aliphatic carbocycles. The molecule has 0 spiro atoms. The van der Waals surface area contributed by atoms with Crippen LogP contribution in [0.15, 0.2) is 29.2 Å². The van der Waals surface area contributed by atoms with Crippen molar-refractivity contribution in [3.05, 3.63) is 46.0 Å². The maximum Gasteiger partial charge on any atom is 0.258 e. The fourth-order valence-electron chi connectivity index (χ4n) is 4.31. The molecule has 0 aromatic carbocycles. The van der Waals surface area contributed by atoms with Crippen molar-refractivity contribution in [2.75, 3.05) is 26.2 Å². The number of likely N-dealkylation sites (tertiary alicyclic amines) is 1. The van der Waals surface area contributed by atoms with Crippen molar-refractivity contribution >= 4 is 11.6 Å². The molecule has 0 bridgehead atoms. The van der Waals surface area contributed by atoms with Gasteiger partial charge in [-0.2, -0.15) is 0 Å². The molecule has 7 nitrogen and oxygen atoms in total. The maximum atomic E-state index is 12.4. The summed E-state index contributed by atoms with van der Waals surface area (Å²) in [6.45, 7) is 6.23. The predicted molar refractivity (Wildman–Crippen MR) is 108 cm³/mol. The van der Waals surface area contributed by atoms with Crippen LogP contribution in [0.5, 0.6) is 0 Å². The summed E-state index contributed by atoms with van der Waals surface area (Å²) in [5.74, 6) is 0.581. The van der Waals surface area contributed by atoms with E-state index in [-0.39, 0.29) is 17.5 Å². The molecule has 4 heterocycles. The number of carbonyl (C=O) groups is 1. The molecule has 7 heteroatoms. The second-order valence-corrected chi connectivity index (χ2v) is 8.16. The molecule has 2 unspecified atom stereocenters. The number of carbonyl (C=O) groups excluding carboxylic acids is 1. The fourth-order valence-corrected chi connectivity index (χ4v) is 4.31. The third-order valence-electron chi connectivity index (χ3n) is 5.79. The van der Waals surface area contributed by atoms with E-state index in [1.165, 1.54) is 0 Å². The Morgan fingerprint density at radius 2 is 2.21 bits per heavy atom. The highest BCUT2D eigenvalue weighted by atomic mass is 16.2. The first kappa shape index (κ1) is 19.1. The SMILES string of the molecule is Cc1ccc2nc(CN3CCCC(CNC(=O)C4CCCN4)C3)cc(=O)n2c1. The Bertz CT molecular complexity index is 903. The lowest BCUT2D eigenvalue weighted by molar-refractivity contribution is -0.123. The summed E-state index contributed by atoms with van der Waals surface area (Å²) in [4.78, 5) is 31.6. The molecular weight excluding hydrogens is 354 g/mol. The standard InChI is InChI=1S/C21H29N5O2/c1-15-6-7-19-24-17(10-20(27)26(19)12-15)14-25-9-3-4-16(13-25)11-23-21(28)18-5-2-8-22-18/h6-7,10,12,16,18,22H,2-5,8-9,11,13-14H2,1H3,(H,23,28). The Morgan fingerprint density at radius 1 is 1.32 bits per heavy atom. The van der Waals surface area contributed by atoms with Crippen LogP contribution in [0.25, 0.3) is 5.65 Å². The molecule has 4 rings (SSSR count). The van der Waals surface area contributed by atoms with E-state index >= 15 is 0 Å². The van der Waals surface area contributed by atoms with Gasteiger partial charge in [-0.3, -0.25) is 18.9 Å². The molecule has 2 N–H and O–H groups in total. The molecule has 2 aliphatic rings. The zero-order chi connectivity index (χ0) is 19.5. The number of aryl methyl sites for hydroxylation is 1. The fraction of sp³-hybridized carbons (Fsp3) is 0.571. The van der Waals surface area contributed by atoms with Crippen LogP contribution in [0.4, 0.5) is 0 Å². The lowest BCUT2D eigenvalue weighted by Gasteiger charge is -2.32. The van der Waals surface area contributed by atoms with Gasteiger partial charge in [-0.1, -0.05) is 6.07 Å². The minimum absolute atomic E-state index is 0.0156. The van der Waals surface area contributed by atoms with Gasteiger partial charge in [0.25, 0.3) is 5.56 Å². The number of hydrogen-bond acceptors (Lipinski definition) is 5. The van der Waals surface area contributed by atoms with Gasteiger partial charge in [0, 0.05) is 31.9 Å². The van der Waals surface area contributed by atoms with Crippen LogP contribution >= 0.6 is 0 Å². The molecule has 28 heavy (non-hydrogen) atoms. The molecule has 2 atom stereocenters. The van der Waals surface area contributed by atoms with Crippen LogP contribution in [0.2, 0.25) is 0 Å². The zero-order valence-corrected chi connectivity index (χ0v) is 16.5. The second-order valence-electron chi connectivity index (χ2n) is 8.16. The molecule has 1 amide bonds. The van der Waals surface area contributed by atoms with Crippen molar-refractivity contribution in [2.45, 2.75) is 45.2 Å². The third kappa shape index (κ3) is 4.42. The van der Waals surface area contributed by atoms with E-state index in [1.54, 1.807) is 10.5 Å². The van der Waals surface area contributed by atoms with Gasteiger partial charge in [0.05, 0.1) is 11.7 Å². The normalized spacial score (nSPS) is 23.2. The molecule has 0 radical (unpaired) electrons. The summed E-state index contributed by atoms with van der Waals surface area (Å²) in [6.07, 6.45) is 6.07. The molecule has 150 valence electrons. The van der Waals surface area contributed by atoms with Gasteiger partial charge >= 0.3 is 0 Å². The van der Waals surface area contributed by atoms with E-state index in [9.17, 15) is 9.59 Å². The van der Waals surface area contributed by atoms with Crippen molar-refractivity contribution < 1.29 is 4.79 Å². The van der Waals surface area contributed by atoms with E-state index in [0.717, 1.165) is 63.1 Å². The predicted octanol–water partition coefficient (Wildman–Crippen LogP) is 1.08. The van der Waals surface area contributed by atoms with Gasteiger partial charge in [-0.25, -0.2) is 4.98 Å². The average Bonchev–Trinajstić information content (AvgIpc) is 3.22.